The summed E-state index contributed by atoms with van der Waals surface area (Å²) < 4.78 is 0. The van der Waals surface area contributed by atoms with Gasteiger partial charge in [0.1, 0.15) is 0 Å². The van der Waals surface area contributed by atoms with Gasteiger partial charge in [0.05, 0.1) is 0 Å². The smallest absolute Gasteiger partial charge is 0.0635 e. The Kier molecular flexibility index (Phi) is 11.0. The maximum Gasteiger partial charge on any atom is -0.0635 e. The van der Waals surface area contributed by atoms with E-state index in [1.165, 1.54) is 22.3 Å². The Morgan fingerprint density at radius 2 is 1.15 bits per heavy atom. The predicted molar refractivity (Wildman–Crippen MR) is 92.2 cm³/mol. The maximum absolute atomic E-state index is 5.59. The second-order valence-corrected chi connectivity index (χ2v) is 21.3. The van der Waals surface area contributed by atoms with Crippen molar-refractivity contribution in [2.24, 2.45) is 0 Å². The molecule has 0 spiro atoms. The van der Waals surface area contributed by atoms with Crippen LogP contribution in [-0.4, -0.2) is 6.19 Å². The summed E-state index contributed by atoms with van der Waals surface area (Å²) in [6.45, 7) is 12.7. The van der Waals surface area contributed by atoms with Crippen LogP contribution in [-0.2, 0) is 14.5 Å². The van der Waals surface area contributed by atoms with E-state index in [0.717, 1.165) is 0 Å². The second-order valence-electron chi connectivity index (χ2n) is 5.19. The molecule has 2 rings (SSSR count). The van der Waals surface area contributed by atoms with Crippen molar-refractivity contribution in [2.45, 2.75) is 40.8 Å². The number of hydrogen-bond acceptors (Lipinski definition) is 0. The van der Waals surface area contributed by atoms with Gasteiger partial charge >= 0.3 is 52.4 Å². The number of rotatable bonds is 0. The van der Waals surface area contributed by atoms with E-state index in [-0.39, 0.29) is 6.19 Å². The first-order valence-electron chi connectivity index (χ1n) is 6.60. The molecule has 0 saturated carbocycles. The monoisotopic (exact) mass is 362 g/mol. The molecule has 0 aliphatic heterocycles. The van der Waals surface area contributed by atoms with Crippen LogP contribution in [0.1, 0.15) is 22.3 Å². The molecule has 112 valence electrons. The molecule has 0 nitrogen and oxygen atoms in total. The van der Waals surface area contributed by atoms with Gasteiger partial charge in [0.25, 0.3) is 0 Å². The summed E-state index contributed by atoms with van der Waals surface area (Å²) in [5.74, 6) is 0. The van der Waals surface area contributed by atoms with E-state index in [1.54, 1.807) is 0 Å². The van der Waals surface area contributed by atoms with Crippen molar-refractivity contribution in [3.63, 3.8) is 0 Å². The number of aryl methyl sites for hydroxylation is 4. The third-order valence-electron chi connectivity index (χ3n) is 2.51. The van der Waals surface area contributed by atoms with Crippen molar-refractivity contribution in [3.8, 4) is 0 Å². The average molecular weight is 363 g/mol. The second kappa shape index (κ2) is 10.9. The van der Waals surface area contributed by atoms with Crippen LogP contribution in [0.4, 0.5) is 0 Å². The molecule has 0 amide bonds. The van der Waals surface area contributed by atoms with Crippen molar-refractivity contribution in [1.82, 2.24) is 0 Å². The van der Waals surface area contributed by atoms with E-state index in [4.69, 9.17) is 18.6 Å². The average Bonchev–Trinajstić information content (AvgIpc) is 2.89. The first kappa shape index (κ1) is 20.2. The third kappa shape index (κ3) is 10.9. The Hall–Kier alpha value is 0.211. The van der Waals surface area contributed by atoms with Crippen molar-refractivity contribution >= 4 is 24.8 Å². The predicted octanol–water partition coefficient (Wildman–Crippen LogP) is 6.21. The minimum absolute atomic E-state index is 0.254. The van der Waals surface area contributed by atoms with Crippen LogP contribution < -0.4 is 0 Å². The number of hydrogen-bond donors (Lipinski definition) is 0. The zero-order chi connectivity index (χ0) is 15.7. The van der Waals surface area contributed by atoms with Gasteiger partial charge in [-0.1, -0.05) is 27.7 Å². The third-order valence-corrected chi connectivity index (χ3v) is 16.2. The molecular weight excluding hydrogens is 339 g/mol. The molecule has 0 bridgehead atoms. The molecule has 0 N–H and O–H groups in total. The van der Waals surface area contributed by atoms with Gasteiger partial charge in [0.15, 0.2) is 0 Å². The minimum atomic E-state index is -1.42. The Morgan fingerprint density at radius 1 is 0.850 bits per heavy atom. The summed E-state index contributed by atoms with van der Waals surface area (Å²) in [5.41, 5.74) is 5.44. The normalized spacial score (nSPS) is 9.00. The van der Waals surface area contributed by atoms with Crippen LogP contribution in [0.15, 0.2) is 36.4 Å². The van der Waals surface area contributed by atoms with Crippen molar-refractivity contribution in [3.05, 3.63) is 58.7 Å². The zero-order valence-electron chi connectivity index (χ0n) is 13.2. The molecule has 0 fully saturated rings. The van der Waals surface area contributed by atoms with Crippen molar-refractivity contribution in [2.75, 3.05) is 0 Å². The van der Waals surface area contributed by atoms with Gasteiger partial charge in [-0.05, 0) is 0 Å². The fourth-order valence-electron chi connectivity index (χ4n) is 1.44. The van der Waals surface area contributed by atoms with E-state index in [0.29, 0.717) is 0 Å². The van der Waals surface area contributed by atoms with Gasteiger partial charge < -0.3 is 0 Å². The molecule has 0 unspecified atom stereocenters. The van der Waals surface area contributed by atoms with Gasteiger partial charge in [0, 0.05) is 0 Å². The molecule has 0 aromatic heterocycles. The topological polar surface area (TPSA) is 0 Å². The van der Waals surface area contributed by atoms with Crippen LogP contribution in [0.3, 0.4) is 0 Å². The molecule has 0 aliphatic rings. The summed E-state index contributed by atoms with van der Waals surface area (Å²) in [5, 5.41) is 0. The number of halogens is 2. The summed E-state index contributed by atoms with van der Waals surface area (Å²) in [7, 11) is 11.2. The van der Waals surface area contributed by atoms with Crippen LogP contribution in [0.25, 0.3) is 0 Å². The molecule has 20 heavy (non-hydrogen) atoms. The van der Waals surface area contributed by atoms with Gasteiger partial charge in [0.2, 0.25) is 0 Å². The Morgan fingerprint density at radius 3 is 1.20 bits per heavy atom. The fourth-order valence-corrected chi connectivity index (χ4v) is 1.44. The van der Waals surface area contributed by atoms with E-state index in [9.17, 15) is 0 Å². The van der Waals surface area contributed by atoms with Crippen molar-refractivity contribution < 1.29 is 14.5 Å². The Labute approximate surface area is 138 Å². The van der Waals surface area contributed by atoms with Crippen molar-refractivity contribution in [1.29, 1.82) is 0 Å². The van der Waals surface area contributed by atoms with Crippen LogP contribution in [0.5, 0.6) is 0 Å². The Balaban J connectivity index is 0.000000272. The summed E-state index contributed by atoms with van der Waals surface area (Å²) >= 11 is -1.42. The molecular formula is C16H24Cl2SiTi-2. The molecule has 0 heterocycles. The van der Waals surface area contributed by atoms with E-state index in [2.05, 4.69) is 77.2 Å². The quantitative estimate of drug-likeness (QED) is 0.386. The van der Waals surface area contributed by atoms with Gasteiger partial charge in [-0.2, -0.15) is 35.4 Å². The van der Waals surface area contributed by atoms with Gasteiger partial charge in [-0.25, -0.2) is 23.3 Å². The standard InChI is InChI=1S/2C7H9.C2H6Si.2ClH.Ti/c2*1-6-3-4-7(2)5-6;1-3-2;;;/h2*3-5H,1-2H3;1-2H3;2*1H;/q2*-1;;;;+2/p-2. The van der Waals surface area contributed by atoms with Crippen LogP contribution in [0.2, 0.25) is 13.1 Å². The largest absolute Gasteiger partial charge is 0.208 e. The SMILES string of the molecule is C[Si](C)=[Ti]([Cl])[Cl].Cc1c[cH-]c(C)c1.Cc1c[cH-]c(C)c1. The molecule has 0 aliphatic carbocycles. The summed E-state index contributed by atoms with van der Waals surface area (Å²) in [6, 6.07) is 12.8. The molecule has 0 atom stereocenters. The maximum atomic E-state index is 5.59. The van der Waals surface area contributed by atoms with Gasteiger partial charge in [-0.3, -0.25) is 0 Å². The van der Waals surface area contributed by atoms with E-state index >= 15 is 0 Å². The van der Waals surface area contributed by atoms with E-state index < -0.39 is 14.5 Å². The molecule has 0 saturated heterocycles. The molecule has 4 heteroatoms. The van der Waals surface area contributed by atoms with Crippen LogP contribution >= 0.6 is 18.6 Å². The Bertz CT molecular complexity index is 449. The van der Waals surface area contributed by atoms with Gasteiger partial charge in [-0.15, -0.1) is 0 Å². The molecule has 2 aromatic rings. The first-order valence-corrected chi connectivity index (χ1v) is 15.7. The zero-order valence-corrected chi connectivity index (χ0v) is 17.3. The fraction of sp³-hybridized carbons (Fsp3) is 0.375. The van der Waals surface area contributed by atoms with E-state index in [1.807, 2.05) is 0 Å². The summed E-state index contributed by atoms with van der Waals surface area (Å²) in [6.07, 6.45) is -0.254. The van der Waals surface area contributed by atoms with Crippen LogP contribution in [0, 0.1) is 27.7 Å². The summed E-state index contributed by atoms with van der Waals surface area (Å²) in [4.78, 5) is 0. The minimum Gasteiger partial charge on any atom is -0.208 e. The molecule has 0 radical (unpaired) electrons. The first-order chi connectivity index (χ1) is 9.22. The molecule has 2 aromatic carbocycles.